The van der Waals surface area contributed by atoms with Crippen LogP contribution in [-0.2, 0) is 4.79 Å². The molecule has 3 nitrogen and oxygen atoms in total. The largest absolute Gasteiger partial charge is 0.342 e. The molecule has 0 N–H and O–H groups in total. The SMILES string of the molecule is CC(C)C1CN(C(=O)CC2CCN(C(C)C)CC2)C1. The summed E-state index contributed by atoms with van der Waals surface area (Å²) in [6.07, 6.45) is 3.19. The van der Waals surface area contributed by atoms with Gasteiger partial charge in [-0.05, 0) is 57.5 Å². The Hall–Kier alpha value is -0.570. The van der Waals surface area contributed by atoms with E-state index in [2.05, 4.69) is 37.5 Å². The van der Waals surface area contributed by atoms with E-state index in [1.807, 2.05) is 0 Å². The molecule has 0 bridgehead atoms. The van der Waals surface area contributed by atoms with Crippen LogP contribution in [0.3, 0.4) is 0 Å². The Balaban J connectivity index is 1.67. The molecule has 0 aromatic heterocycles. The summed E-state index contributed by atoms with van der Waals surface area (Å²) < 4.78 is 0. The van der Waals surface area contributed by atoms with Crippen LogP contribution >= 0.6 is 0 Å². The number of rotatable bonds is 4. The van der Waals surface area contributed by atoms with E-state index in [9.17, 15) is 4.79 Å². The molecule has 19 heavy (non-hydrogen) atoms. The smallest absolute Gasteiger partial charge is 0.222 e. The standard InChI is InChI=1S/C16H30N2O/c1-12(2)15-10-18(11-15)16(19)9-14-5-7-17(8-6-14)13(3)4/h12-15H,5-11H2,1-4H3. The van der Waals surface area contributed by atoms with Gasteiger partial charge in [0.15, 0.2) is 0 Å². The zero-order chi connectivity index (χ0) is 14.0. The van der Waals surface area contributed by atoms with Crippen LogP contribution in [0.1, 0.15) is 47.0 Å². The van der Waals surface area contributed by atoms with Crippen molar-refractivity contribution in [1.29, 1.82) is 0 Å². The second kappa shape index (κ2) is 6.25. The first-order chi connectivity index (χ1) is 8.97. The van der Waals surface area contributed by atoms with Crippen molar-refractivity contribution in [3.8, 4) is 0 Å². The van der Waals surface area contributed by atoms with E-state index in [1.54, 1.807) is 0 Å². The predicted molar refractivity (Wildman–Crippen MR) is 79.0 cm³/mol. The van der Waals surface area contributed by atoms with E-state index in [-0.39, 0.29) is 0 Å². The monoisotopic (exact) mass is 266 g/mol. The second-order valence-corrected chi connectivity index (χ2v) is 7.08. The molecule has 2 rings (SSSR count). The number of likely N-dealkylation sites (tertiary alicyclic amines) is 2. The fraction of sp³-hybridized carbons (Fsp3) is 0.938. The zero-order valence-corrected chi connectivity index (χ0v) is 13.1. The van der Waals surface area contributed by atoms with Gasteiger partial charge in [-0.1, -0.05) is 13.8 Å². The Morgan fingerprint density at radius 2 is 1.68 bits per heavy atom. The third-order valence-electron chi connectivity index (χ3n) is 5.05. The molecule has 110 valence electrons. The minimum atomic E-state index is 0.403. The molecule has 0 unspecified atom stereocenters. The van der Waals surface area contributed by atoms with Gasteiger partial charge in [-0.25, -0.2) is 0 Å². The van der Waals surface area contributed by atoms with Crippen molar-refractivity contribution in [3.05, 3.63) is 0 Å². The molecule has 0 spiro atoms. The lowest BCUT2D eigenvalue weighted by Gasteiger charge is -2.42. The Morgan fingerprint density at radius 1 is 1.11 bits per heavy atom. The molecule has 2 aliphatic rings. The summed E-state index contributed by atoms with van der Waals surface area (Å²) in [5, 5.41) is 0. The summed E-state index contributed by atoms with van der Waals surface area (Å²) in [7, 11) is 0. The Bertz CT molecular complexity index is 300. The Labute approximate surface area is 118 Å². The number of hydrogen-bond donors (Lipinski definition) is 0. The third kappa shape index (κ3) is 3.71. The van der Waals surface area contributed by atoms with Crippen molar-refractivity contribution in [2.75, 3.05) is 26.2 Å². The summed E-state index contributed by atoms with van der Waals surface area (Å²) in [4.78, 5) is 16.8. The molecule has 2 heterocycles. The van der Waals surface area contributed by atoms with Crippen molar-refractivity contribution < 1.29 is 4.79 Å². The molecular formula is C16H30N2O. The van der Waals surface area contributed by atoms with Crippen LogP contribution in [-0.4, -0.2) is 47.9 Å². The predicted octanol–water partition coefficient (Wildman–Crippen LogP) is 2.61. The van der Waals surface area contributed by atoms with E-state index in [0.29, 0.717) is 17.9 Å². The summed E-state index contributed by atoms with van der Waals surface area (Å²) >= 11 is 0. The summed E-state index contributed by atoms with van der Waals surface area (Å²) in [6.45, 7) is 13.4. The molecule has 2 aliphatic heterocycles. The fourth-order valence-corrected chi connectivity index (χ4v) is 3.19. The normalized spacial score (nSPS) is 23.2. The lowest BCUT2D eigenvalue weighted by atomic mass is 9.86. The average Bonchev–Trinajstić information content (AvgIpc) is 2.26. The zero-order valence-electron chi connectivity index (χ0n) is 13.1. The highest BCUT2D eigenvalue weighted by Gasteiger charge is 2.33. The highest BCUT2D eigenvalue weighted by molar-refractivity contribution is 5.77. The average molecular weight is 266 g/mol. The molecule has 3 heteroatoms. The van der Waals surface area contributed by atoms with E-state index in [4.69, 9.17) is 0 Å². The first-order valence-electron chi connectivity index (χ1n) is 7.99. The number of hydrogen-bond acceptors (Lipinski definition) is 2. The van der Waals surface area contributed by atoms with Crippen molar-refractivity contribution in [2.45, 2.75) is 53.0 Å². The molecule has 0 radical (unpaired) electrons. The fourth-order valence-electron chi connectivity index (χ4n) is 3.19. The molecule has 0 aromatic rings. The molecule has 0 aliphatic carbocycles. The summed E-state index contributed by atoms with van der Waals surface area (Å²) in [6, 6.07) is 0.652. The van der Waals surface area contributed by atoms with Gasteiger partial charge >= 0.3 is 0 Å². The van der Waals surface area contributed by atoms with Crippen LogP contribution in [0.15, 0.2) is 0 Å². The van der Waals surface area contributed by atoms with Gasteiger partial charge in [0.1, 0.15) is 0 Å². The minimum Gasteiger partial charge on any atom is -0.342 e. The quantitative estimate of drug-likeness (QED) is 0.781. The number of nitrogens with zero attached hydrogens (tertiary/aromatic N) is 2. The topological polar surface area (TPSA) is 23.6 Å². The van der Waals surface area contributed by atoms with Gasteiger partial charge in [0, 0.05) is 25.6 Å². The highest BCUT2D eigenvalue weighted by Crippen LogP contribution is 2.27. The molecule has 1 amide bonds. The van der Waals surface area contributed by atoms with Gasteiger partial charge in [0.25, 0.3) is 0 Å². The van der Waals surface area contributed by atoms with Crippen molar-refractivity contribution >= 4 is 5.91 Å². The maximum Gasteiger partial charge on any atom is 0.222 e. The van der Waals surface area contributed by atoms with Crippen molar-refractivity contribution in [3.63, 3.8) is 0 Å². The van der Waals surface area contributed by atoms with Crippen LogP contribution in [0.4, 0.5) is 0 Å². The maximum absolute atomic E-state index is 12.2. The van der Waals surface area contributed by atoms with Gasteiger partial charge in [-0.3, -0.25) is 4.79 Å². The third-order valence-corrected chi connectivity index (χ3v) is 5.05. The van der Waals surface area contributed by atoms with E-state index >= 15 is 0 Å². The summed E-state index contributed by atoms with van der Waals surface area (Å²) in [5.74, 6) is 2.49. The molecule has 0 aromatic carbocycles. The molecule has 0 saturated carbocycles. The second-order valence-electron chi connectivity index (χ2n) is 7.08. The minimum absolute atomic E-state index is 0.403. The Kier molecular flexibility index (Phi) is 4.88. The molecular weight excluding hydrogens is 236 g/mol. The van der Waals surface area contributed by atoms with Crippen molar-refractivity contribution in [1.82, 2.24) is 9.80 Å². The first-order valence-corrected chi connectivity index (χ1v) is 7.99. The number of carbonyl (C=O) groups excluding carboxylic acids is 1. The number of carbonyl (C=O) groups is 1. The summed E-state index contributed by atoms with van der Waals surface area (Å²) in [5.41, 5.74) is 0. The van der Waals surface area contributed by atoms with Gasteiger partial charge in [0.05, 0.1) is 0 Å². The highest BCUT2D eigenvalue weighted by atomic mass is 16.2. The van der Waals surface area contributed by atoms with Gasteiger partial charge in [-0.2, -0.15) is 0 Å². The van der Waals surface area contributed by atoms with Crippen LogP contribution in [0.2, 0.25) is 0 Å². The van der Waals surface area contributed by atoms with E-state index in [1.165, 1.54) is 25.9 Å². The first kappa shape index (κ1) is 14.8. The molecule has 2 fully saturated rings. The lowest BCUT2D eigenvalue weighted by Crippen LogP contribution is -2.52. The lowest BCUT2D eigenvalue weighted by molar-refractivity contribution is -0.140. The van der Waals surface area contributed by atoms with E-state index in [0.717, 1.165) is 31.3 Å². The van der Waals surface area contributed by atoms with Crippen LogP contribution in [0, 0.1) is 17.8 Å². The van der Waals surface area contributed by atoms with E-state index < -0.39 is 0 Å². The molecule has 2 saturated heterocycles. The van der Waals surface area contributed by atoms with Crippen LogP contribution in [0.5, 0.6) is 0 Å². The maximum atomic E-state index is 12.2. The van der Waals surface area contributed by atoms with Gasteiger partial charge in [-0.15, -0.1) is 0 Å². The van der Waals surface area contributed by atoms with Crippen molar-refractivity contribution in [2.24, 2.45) is 17.8 Å². The Morgan fingerprint density at radius 3 is 2.16 bits per heavy atom. The molecule has 0 atom stereocenters. The van der Waals surface area contributed by atoms with Gasteiger partial charge < -0.3 is 9.80 Å². The number of piperidine rings is 1. The van der Waals surface area contributed by atoms with Crippen LogP contribution < -0.4 is 0 Å². The van der Waals surface area contributed by atoms with Gasteiger partial charge in [0.2, 0.25) is 5.91 Å². The van der Waals surface area contributed by atoms with Crippen LogP contribution in [0.25, 0.3) is 0 Å². The number of amides is 1.